The average molecular weight is 256 g/mol. The molecule has 0 aromatic carbocycles. The Hall–Kier alpha value is -0.570. The SMILES string of the molecule is CC(C)CCCCCCNC(=O)C(C)CCCN. The van der Waals surface area contributed by atoms with Crippen molar-refractivity contribution in [3.05, 3.63) is 0 Å². The number of carbonyl (C=O) groups is 1. The predicted molar refractivity (Wildman–Crippen MR) is 78.4 cm³/mol. The lowest BCUT2D eigenvalue weighted by molar-refractivity contribution is -0.124. The molecule has 0 bridgehead atoms. The van der Waals surface area contributed by atoms with Crippen LogP contribution in [-0.4, -0.2) is 19.0 Å². The van der Waals surface area contributed by atoms with E-state index in [4.69, 9.17) is 5.73 Å². The van der Waals surface area contributed by atoms with Crippen molar-refractivity contribution in [1.29, 1.82) is 0 Å². The molecule has 3 nitrogen and oxygen atoms in total. The molecular formula is C15H32N2O. The van der Waals surface area contributed by atoms with Gasteiger partial charge in [-0.1, -0.05) is 46.5 Å². The molecule has 1 atom stereocenters. The first kappa shape index (κ1) is 17.4. The third kappa shape index (κ3) is 10.6. The Balaban J connectivity index is 3.34. The van der Waals surface area contributed by atoms with E-state index in [-0.39, 0.29) is 11.8 Å². The van der Waals surface area contributed by atoms with Gasteiger partial charge < -0.3 is 11.1 Å². The second-order valence-electron chi connectivity index (χ2n) is 5.72. The van der Waals surface area contributed by atoms with Gasteiger partial charge in [0, 0.05) is 12.5 Å². The summed E-state index contributed by atoms with van der Waals surface area (Å²) in [4.78, 5) is 11.7. The van der Waals surface area contributed by atoms with Crippen LogP contribution in [0.1, 0.15) is 65.7 Å². The first-order valence-electron chi connectivity index (χ1n) is 7.55. The van der Waals surface area contributed by atoms with Crippen molar-refractivity contribution in [2.45, 2.75) is 65.7 Å². The van der Waals surface area contributed by atoms with Gasteiger partial charge >= 0.3 is 0 Å². The molecule has 0 radical (unpaired) electrons. The van der Waals surface area contributed by atoms with Crippen LogP contribution < -0.4 is 11.1 Å². The van der Waals surface area contributed by atoms with Crippen molar-refractivity contribution in [2.24, 2.45) is 17.6 Å². The summed E-state index contributed by atoms with van der Waals surface area (Å²) in [6.45, 7) is 8.01. The largest absolute Gasteiger partial charge is 0.356 e. The summed E-state index contributed by atoms with van der Waals surface area (Å²) < 4.78 is 0. The lowest BCUT2D eigenvalue weighted by Crippen LogP contribution is -2.30. The molecule has 0 aromatic rings. The van der Waals surface area contributed by atoms with Gasteiger partial charge in [-0.05, 0) is 31.7 Å². The van der Waals surface area contributed by atoms with E-state index in [9.17, 15) is 4.79 Å². The third-order valence-electron chi connectivity index (χ3n) is 3.30. The Morgan fingerprint density at radius 2 is 1.67 bits per heavy atom. The Morgan fingerprint density at radius 1 is 1.00 bits per heavy atom. The lowest BCUT2D eigenvalue weighted by Gasteiger charge is -2.11. The van der Waals surface area contributed by atoms with Crippen LogP contribution in [0.2, 0.25) is 0 Å². The van der Waals surface area contributed by atoms with Crippen LogP contribution >= 0.6 is 0 Å². The highest BCUT2D eigenvalue weighted by Gasteiger charge is 2.10. The number of carbonyl (C=O) groups excluding carboxylic acids is 1. The molecule has 0 aliphatic heterocycles. The molecule has 0 fully saturated rings. The van der Waals surface area contributed by atoms with E-state index in [1.54, 1.807) is 0 Å². The Bertz CT molecular complexity index is 205. The molecule has 3 N–H and O–H groups in total. The zero-order valence-corrected chi connectivity index (χ0v) is 12.5. The van der Waals surface area contributed by atoms with E-state index >= 15 is 0 Å². The fourth-order valence-corrected chi connectivity index (χ4v) is 1.97. The number of amides is 1. The summed E-state index contributed by atoms with van der Waals surface area (Å²) in [6, 6.07) is 0. The van der Waals surface area contributed by atoms with Crippen molar-refractivity contribution >= 4 is 5.91 Å². The minimum atomic E-state index is 0.106. The molecule has 0 aromatic heterocycles. The van der Waals surface area contributed by atoms with E-state index in [0.717, 1.165) is 31.7 Å². The second-order valence-corrected chi connectivity index (χ2v) is 5.72. The molecule has 0 saturated carbocycles. The average Bonchev–Trinajstić information content (AvgIpc) is 2.34. The first-order chi connectivity index (χ1) is 8.57. The van der Waals surface area contributed by atoms with Crippen molar-refractivity contribution in [3.63, 3.8) is 0 Å². The summed E-state index contributed by atoms with van der Waals surface area (Å²) in [5, 5.41) is 3.01. The summed E-state index contributed by atoms with van der Waals surface area (Å²) in [6.07, 6.45) is 8.09. The highest BCUT2D eigenvalue weighted by atomic mass is 16.1. The van der Waals surface area contributed by atoms with E-state index in [0.29, 0.717) is 6.54 Å². The molecular weight excluding hydrogens is 224 g/mol. The molecule has 108 valence electrons. The molecule has 0 rings (SSSR count). The smallest absolute Gasteiger partial charge is 0.222 e. The van der Waals surface area contributed by atoms with Crippen molar-refractivity contribution in [1.82, 2.24) is 5.32 Å². The van der Waals surface area contributed by atoms with Crippen LogP contribution in [0.3, 0.4) is 0 Å². The zero-order chi connectivity index (χ0) is 13.8. The maximum atomic E-state index is 11.7. The summed E-state index contributed by atoms with van der Waals surface area (Å²) >= 11 is 0. The van der Waals surface area contributed by atoms with Crippen LogP contribution in [0.15, 0.2) is 0 Å². The maximum absolute atomic E-state index is 11.7. The van der Waals surface area contributed by atoms with Crippen LogP contribution in [0, 0.1) is 11.8 Å². The Morgan fingerprint density at radius 3 is 2.28 bits per heavy atom. The number of unbranched alkanes of at least 4 members (excludes halogenated alkanes) is 3. The van der Waals surface area contributed by atoms with Crippen LogP contribution in [0.4, 0.5) is 0 Å². The summed E-state index contributed by atoms with van der Waals surface area (Å²) in [5.41, 5.74) is 5.43. The van der Waals surface area contributed by atoms with Crippen molar-refractivity contribution in [3.8, 4) is 0 Å². The van der Waals surface area contributed by atoms with E-state index < -0.39 is 0 Å². The van der Waals surface area contributed by atoms with Crippen LogP contribution in [-0.2, 0) is 4.79 Å². The number of hydrogen-bond donors (Lipinski definition) is 2. The normalized spacial score (nSPS) is 12.7. The van der Waals surface area contributed by atoms with Crippen LogP contribution in [0.5, 0.6) is 0 Å². The highest BCUT2D eigenvalue weighted by molar-refractivity contribution is 5.78. The minimum absolute atomic E-state index is 0.106. The quantitative estimate of drug-likeness (QED) is 0.558. The fraction of sp³-hybridized carbons (Fsp3) is 0.933. The number of nitrogens with two attached hydrogens (primary N) is 1. The maximum Gasteiger partial charge on any atom is 0.222 e. The summed E-state index contributed by atoms with van der Waals surface area (Å²) in [5.74, 6) is 1.10. The minimum Gasteiger partial charge on any atom is -0.356 e. The van der Waals surface area contributed by atoms with Gasteiger partial charge in [-0.15, -0.1) is 0 Å². The van der Waals surface area contributed by atoms with Gasteiger partial charge in [0.05, 0.1) is 0 Å². The standard InChI is InChI=1S/C15H32N2O/c1-13(2)9-6-4-5-7-12-17-15(18)14(3)10-8-11-16/h13-14H,4-12,16H2,1-3H3,(H,17,18). The molecule has 1 unspecified atom stereocenters. The first-order valence-corrected chi connectivity index (χ1v) is 7.55. The molecule has 0 heterocycles. The highest BCUT2D eigenvalue weighted by Crippen LogP contribution is 2.09. The van der Waals surface area contributed by atoms with E-state index in [1.807, 2.05) is 6.92 Å². The molecule has 0 aliphatic rings. The van der Waals surface area contributed by atoms with Gasteiger partial charge in [-0.25, -0.2) is 0 Å². The van der Waals surface area contributed by atoms with Crippen molar-refractivity contribution in [2.75, 3.05) is 13.1 Å². The number of rotatable bonds is 11. The summed E-state index contributed by atoms with van der Waals surface area (Å²) in [7, 11) is 0. The van der Waals surface area contributed by atoms with Gasteiger partial charge in [0.2, 0.25) is 5.91 Å². The molecule has 18 heavy (non-hydrogen) atoms. The fourth-order valence-electron chi connectivity index (χ4n) is 1.97. The number of hydrogen-bond acceptors (Lipinski definition) is 2. The van der Waals surface area contributed by atoms with Gasteiger partial charge in [-0.3, -0.25) is 4.79 Å². The topological polar surface area (TPSA) is 55.1 Å². The Labute approximate surface area is 113 Å². The van der Waals surface area contributed by atoms with Crippen molar-refractivity contribution < 1.29 is 4.79 Å². The molecule has 0 aliphatic carbocycles. The predicted octanol–water partition coefficient (Wildman–Crippen LogP) is 3.08. The molecule has 3 heteroatoms. The third-order valence-corrected chi connectivity index (χ3v) is 3.30. The van der Waals surface area contributed by atoms with Gasteiger partial charge in [0.1, 0.15) is 0 Å². The molecule has 0 spiro atoms. The lowest BCUT2D eigenvalue weighted by atomic mass is 10.0. The zero-order valence-electron chi connectivity index (χ0n) is 12.5. The van der Waals surface area contributed by atoms with Gasteiger partial charge in [0.25, 0.3) is 0 Å². The molecule has 1 amide bonds. The Kier molecular flexibility index (Phi) is 11.2. The van der Waals surface area contributed by atoms with E-state index in [2.05, 4.69) is 19.2 Å². The molecule has 0 saturated heterocycles. The monoisotopic (exact) mass is 256 g/mol. The second kappa shape index (κ2) is 11.5. The van der Waals surface area contributed by atoms with E-state index in [1.165, 1.54) is 25.7 Å². The van der Waals surface area contributed by atoms with Gasteiger partial charge in [-0.2, -0.15) is 0 Å². The van der Waals surface area contributed by atoms with Gasteiger partial charge in [0.15, 0.2) is 0 Å². The number of nitrogens with one attached hydrogen (secondary N) is 1. The van der Waals surface area contributed by atoms with Crippen LogP contribution in [0.25, 0.3) is 0 Å².